The molecule has 1 aromatic heterocycles. The minimum Gasteiger partial charge on any atom is -0.392 e. The van der Waals surface area contributed by atoms with E-state index in [1.54, 1.807) is 9.58 Å². The summed E-state index contributed by atoms with van der Waals surface area (Å²) >= 11 is 0. The average molecular weight is 611 g/mol. The van der Waals surface area contributed by atoms with Crippen molar-refractivity contribution in [3.8, 4) is 11.1 Å². The van der Waals surface area contributed by atoms with E-state index >= 15 is 0 Å². The van der Waals surface area contributed by atoms with Gasteiger partial charge in [-0.2, -0.15) is 0 Å². The number of hydrogen-bond donors (Lipinski definition) is 4. The third-order valence-electron chi connectivity index (χ3n) is 8.36. The Morgan fingerprint density at radius 3 is 2.20 bits per heavy atom. The summed E-state index contributed by atoms with van der Waals surface area (Å²) in [6.07, 6.45) is 0.708. The van der Waals surface area contributed by atoms with E-state index in [-0.39, 0.29) is 19.4 Å². The molecule has 4 aromatic rings. The zero-order chi connectivity index (χ0) is 32.1. The summed E-state index contributed by atoms with van der Waals surface area (Å²) in [5.41, 5.74) is 10.0. The van der Waals surface area contributed by atoms with Crippen molar-refractivity contribution in [1.29, 1.82) is 0 Å². The molecule has 0 bridgehead atoms. The topological polar surface area (TPSA) is 147 Å². The monoisotopic (exact) mass is 610 g/mol. The number of aliphatic hydroxyl groups excluding tert-OH is 2. The first-order valence-corrected chi connectivity index (χ1v) is 15.3. The number of benzene rings is 3. The maximum atomic E-state index is 13.6. The van der Waals surface area contributed by atoms with E-state index in [4.69, 9.17) is 5.73 Å². The van der Waals surface area contributed by atoms with Gasteiger partial charge in [0, 0.05) is 25.6 Å². The molecule has 1 unspecified atom stereocenters. The molecule has 1 aliphatic rings. The van der Waals surface area contributed by atoms with Crippen molar-refractivity contribution in [3.05, 3.63) is 108 Å². The van der Waals surface area contributed by atoms with Gasteiger partial charge in [0.1, 0.15) is 12.3 Å². The van der Waals surface area contributed by atoms with Crippen LogP contribution in [0.15, 0.2) is 91.1 Å². The number of nitrogens with two attached hydrogens (primary N) is 1. The zero-order valence-electron chi connectivity index (χ0n) is 26.0. The Morgan fingerprint density at radius 2 is 1.58 bits per heavy atom. The molecule has 2 heterocycles. The molecule has 5 N–H and O–H groups in total. The van der Waals surface area contributed by atoms with Gasteiger partial charge in [-0.15, -0.1) is 5.10 Å². The van der Waals surface area contributed by atoms with Crippen LogP contribution < -0.4 is 11.1 Å². The van der Waals surface area contributed by atoms with E-state index in [2.05, 4.69) is 15.6 Å². The Morgan fingerprint density at radius 1 is 0.956 bits per heavy atom. The second-order valence-corrected chi connectivity index (χ2v) is 12.9. The van der Waals surface area contributed by atoms with Gasteiger partial charge in [-0.05, 0) is 34.1 Å². The van der Waals surface area contributed by atoms with Gasteiger partial charge in [-0.3, -0.25) is 14.5 Å². The minimum atomic E-state index is -1.18. The number of rotatable bonds is 11. The second kappa shape index (κ2) is 13.7. The Hall–Kier alpha value is -4.38. The van der Waals surface area contributed by atoms with Crippen molar-refractivity contribution in [1.82, 2.24) is 25.2 Å². The number of aliphatic hydroxyl groups is 2. The number of aromatic nitrogens is 3. The number of carbonyl (C=O) groups is 2. The maximum Gasteiger partial charge on any atom is 0.240 e. The molecule has 1 aliphatic heterocycles. The summed E-state index contributed by atoms with van der Waals surface area (Å²) in [6.45, 7) is 6.02. The number of hydrogen-bond acceptors (Lipinski definition) is 7. The SMILES string of the molecule is CC(C)(C)[C@@H](C(O)N1C[C@H](O)C[C@H]1C(=O)N[C@H](Cc1ccc(-c2ccccc2)cc1)C(N)=O)n1cc(Cc2ccccc2)nn1. The lowest BCUT2D eigenvalue weighted by atomic mass is 9.85. The fourth-order valence-corrected chi connectivity index (χ4v) is 6.08. The van der Waals surface area contributed by atoms with Crippen LogP contribution in [0.1, 0.15) is 50.1 Å². The Bertz CT molecular complexity index is 1570. The summed E-state index contributed by atoms with van der Waals surface area (Å²) in [4.78, 5) is 27.7. The third-order valence-corrected chi connectivity index (χ3v) is 8.36. The van der Waals surface area contributed by atoms with Crippen molar-refractivity contribution < 1.29 is 19.8 Å². The minimum absolute atomic E-state index is 0.0829. The zero-order valence-corrected chi connectivity index (χ0v) is 26.0. The first-order valence-electron chi connectivity index (χ1n) is 15.3. The molecule has 10 nitrogen and oxygen atoms in total. The Labute approximate surface area is 263 Å². The standard InChI is InChI=1S/C35H42N6O4/c1-35(2,3)31(41-21-27(38-39-41)18-23-10-6-4-7-11-23)34(45)40-22-28(42)20-30(40)33(44)37-29(32(36)43)19-24-14-16-26(17-15-24)25-12-8-5-9-13-25/h4-17,21,28-31,34,42,45H,18-20,22H2,1-3H3,(H2,36,43)(H,37,44)/t28-,29-,30+,31-,34?/m1/s1. The summed E-state index contributed by atoms with van der Waals surface area (Å²) < 4.78 is 1.65. The first kappa shape index (κ1) is 32.0. The molecule has 10 heteroatoms. The second-order valence-electron chi connectivity index (χ2n) is 12.9. The molecule has 0 radical (unpaired) electrons. The molecule has 3 aromatic carbocycles. The van der Waals surface area contributed by atoms with Crippen LogP contribution in [0.3, 0.4) is 0 Å². The summed E-state index contributed by atoms with van der Waals surface area (Å²) in [5, 5.41) is 33.9. The van der Waals surface area contributed by atoms with Gasteiger partial charge < -0.3 is 21.3 Å². The number of primary amides is 1. The lowest BCUT2D eigenvalue weighted by molar-refractivity contribution is -0.136. The van der Waals surface area contributed by atoms with E-state index in [0.29, 0.717) is 6.42 Å². The third kappa shape index (κ3) is 7.83. The van der Waals surface area contributed by atoms with Crippen LogP contribution in [0, 0.1) is 5.41 Å². The molecule has 1 fully saturated rings. The number of nitrogens with one attached hydrogen (secondary N) is 1. The molecule has 236 valence electrons. The van der Waals surface area contributed by atoms with E-state index in [9.17, 15) is 19.8 Å². The smallest absolute Gasteiger partial charge is 0.240 e. The molecular weight excluding hydrogens is 568 g/mol. The lowest BCUT2D eigenvalue weighted by Gasteiger charge is -2.40. The molecule has 2 amide bonds. The summed E-state index contributed by atoms with van der Waals surface area (Å²) in [6, 6.07) is 25.2. The largest absolute Gasteiger partial charge is 0.392 e. The van der Waals surface area contributed by atoms with E-state index in [0.717, 1.165) is 27.9 Å². The molecule has 0 saturated carbocycles. The molecule has 0 spiro atoms. The first-order chi connectivity index (χ1) is 21.5. The van der Waals surface area contributed by atoms with Gasteiger partial charge in [0.25, 0.3) is 0 Å². The maximum absolute atomic E-state index is 13.6. The van der Waals surface area contributed by atoms with Gasteiger partial charge >= 0.3 is 0 Å². The fraction of sp³-hybridized carbons (Fsp3) is 0.371. The van der Waals surface area contributed by atoms with Gasteiger partial charge in [-0.1, -0.05) is 111 Å². The number of β-amino-alcohol motifs (C(OH)–C–C–N with tert-alkyl or cyclic N) is 1. The molecule has 1 saturated heterocycles. The highest BCUT2D eigenvalue weighted by Gasteiger charge is 2.46. The molecular formula is C35H42N6O4. The van der Waals surface area contributed by atoms with Crippen LogP contribution in [-0.4, -0.2) is 72.9 Å². The normalized spacial score (nSPS) is 19.1. The van der Waals surface area contributed by atoms with Crippen LogP contribution in [0.25, 0.3) is 11.1 Å². The highest BCUT2D eigenvalue weighted by molar-refractivity contribution is 5.89. The number of likely N-dealkylation sites (tertiary alicyclic amines) is 1. The predicted octanol–water partition coefficient (Wildman–Crippen LogP) is 3.09. The van der Waals surface area contributed by atoms with Gasteiger partial charge in [0.05, 0.1) is 23.9 Å². The number of carbonyl (C=O) groups excluding carboxylic acids is 2. The van der Waals surface area contributed by atoms with Crippen molar-refractivity contribution in [3.63, 3.8) is 0 Å². The average Bonchev–Trinajstić information content (AvgIpc) is 3.63. The number of nitrogens with zero attached hydrogens (tertiary/aromatic N) is 4. The predicted molar refractivity (Wildman–Crippen MR) is 172 cm³/mol. The van der Waals surface area contributed by atoms with Crippen LogP contribution in [0.4, 0.5) is 0 Å². The van der Waals surface area contributed by atoms with E-state index < -0.39 is 47.7 Å². The lowest BCUT2D eigenvalue weighted by Crippen LogP contribution is -2.56. The van der Waals surface area contributed by atoms with Crippen LogP contribution in [-0.2, 0) is 22.4 Å². The summed E-state index contributed by atoms with van der Waals surface area (Å²) in [5.74, 6) is -1.14. The van der Waals surface area contributed by atoms with Gasteiger partial charge in [0.15, 0.2) is 0 Å². The van der Waals surface area contributed by atoms with Crippen molar-refractivity contribution in [2.24, 2.45) is 11.1 Å². The highest BCUT2D eigenvalue weighted by Crippen LogP contribution is 2.37. The van der Waals surface area contributed by atoms with Crippen molar-refractivity contribution in [2.75, 3.05) is 6.54 Å². The number of amides is 2. The Balaban J connectivity index is 1.30. The van der Waals surface area contributed by atoms with Crippen molar-refractivity contribution in [2.45, 2.75) is 70.5 Å². The molecule has 45 heavy (non-hydrogen) atoms. The quantitative estimate of drug-likeness (QED) is 0.204. The molecule has 0 aliphatic carbocycles. The van der Waals surface area contributed by atoms with E-state index in [1.807, 2.05) is 112 Å². The van der Waals surface area contributed by atoms with E-state index in [1.165, 1.54) is 0 Å². The molecule has 5 atom stereocenters. The van der Waals surface area contributed by atoms with Crippen LogP contribution in [0.5, 0.6) is 0 Å². The van der Waals surface area contributed by atoms with Crippen LogP contribution >= 0.6 is 0 Å². The summed E-state index contributed by atoms with van der Waals surface area (Å²) in [7, 11) is 0. The Kier molecular flexibility index (Phi) is 9.77. The highest BCUT2D eigenvalue weighted by atomic mass is 16.3. The molecule has 5 rings (SSSR count). The van der Waals surface area contributed by atoms with Gasteiger partial charge in [-0.25, -0.2) is 4.68 Å². The fourth-order valence-electron chi connectivity index (χ4n) is 6.08. The van der Waals surface area contributed by atoms with Gasteiger partial charge in [0.2, 0.25) is 11.8 Å². The van der Waals surface area contributed by atoms with Crippen molar-refractivity contribution >= 4 is 11.8 Å². The van der Waals surface area contributed by atoms with Crippen LogP contribution in [0.2, 0.25) is 0 Å².